The van der Waals surface area contributed by atoms with Crippen molar-refractivity contribution >= 4 is 23.3 Å². The van der Waals surface area contributed by atoms with E-state index in [2.05, 4.69) is 10.3 Å². The Morgan fingerprint density at radius 1 is 1.19 bits per heavy atom. The van der Waals surface area contributed by atoms with Crippen LogP contribution in [0, 0.1) is 5.92 Å². The molecule has 0 spiro atoms. The number of benzene rings is 1. The van der Waals surface area contributed by atoms with Gasteiger partial charge in [0.05, 0.1) is 25.7 Å². The van der Waals surface area contributed by atoms with Gasteiger partial charge >= 0.3 is 11.9 Å². The molecule has 1 aliphatic rings. The largest absolute Gasteiger partial charge is 0.469 e. The number of carbonyl (C=O) groups is 2. The fraction of sp³-hybridized carbons (Fsp3) is 0.350. The van der Waals surface area contributed by atoms with Gasteiger partial charge in [-0.1, -0.05) is 30.3 Å². The molecular weight excluding hydrogens is 364 g/mol. The van der Waals surface area contributed by atoms with Gasteiger partial charge in [-0.2, -0.15) is 0 Å². The van der Waals surface area contributed by atoms with E-state index in [9.17, 15) is 9.59 Å². The zero-order chi connectivity index (χ0) is 19.6. The van der Waals surface area contributed by atoms with Crippen LogP contribution in [0.2, 0.25) is 0 Å². The summed E-state index contributed by atoms with van der Waals surface area (Å²) in [6.45, 7) is 3.74. The van der Waals surface area contributed by atoms with Gasteiger partial charge in [0, 0.05) is 23.2 Å². The molecule has 3 unspecified atom stereocenters. The van der Waals surface area contributed by atoms with Crippen LogP contribution < -0.4 is 5.32 Å². The number of allylic oxidation sites excluding steroid dienone is 1. The van der Waals surface area contributed by atoms with E-state index in [1.165, 1.54) is 25.6 Å². The van der Waals surface area contributed by atoms with Crippen molar-refractivity contribution in [2.45, 2.75) is 25.3 Å². The molecule has 0 fully saturated rings. The Hall–Kier alpha value is -2.67. The minimum absolute atomic E-state index is 0.414. The van der Waals surface area contributed by atoms with E-state index < -0.39 is 29.3 Å². The molecular formula is C20H22N2O4S. The molecule has 0 amide bonds. The molecule has 1 aromatic carbocycles. The first kappa shape index (κ1) is 19.1. The SMILES string of the molecule is COC(=O)C1=C(C)NC(C)(c2nccs2)C(C(=O)OC)C1c1ccccc1. The van der Waals surface area contributed by atoms with Gasteiger partial charge in [0.15, 0.2) is 0 Å². The molecule has 0 aliphatic carbocycles. The summed E-state index contributed by atoms with van der Waals surface area (Å²) in [5.41, 5.74) is 1.10. The highest BCUT2D eigenvalue weighted by Crippen LogP contribution is 2.48. The van der Waals surface area contributed by atoms with Crippen LogP contribution in [0.15, 0.2) is 53.2 Å². The minimum atomic E-state index is -0.830. The van der Waals surface area contributed by atoms with Crippen molar-refractivity contribution in [2.75, 3.05) is 14.2 Å². The average molecular weight is 386 g/mol. The van der Waals surface area contributed by atoms with Gasteiger partial charge in [-0.05, 0) is 19.4 Å². The summed E-state index contributed by atoms with van der Waals surface area (Å²) in [6, 6.07) is 9.48. The molecule has 6 nitrogen and oxygen atoms in total. The third kappa shape index (κ3) is 3.23. The fourth-order valence-electron chi connectivity index (χ4n) is 3.84. The number of aromatic nitrogens is 1. The maximum atomic E-state index is 13.0. The van der Waals surface area contributed by atoms with Gasteiger partial charge in [-0.15, -0.1) is 11.3 Å². The van der Waals surface area contributed by atoms with Gasteiger partial charge < -0.3 is 14.8 Å². The van der Waals surface area contributed by atoms with Crippen molar-refractivity contribution in [3.63, 3.8) is 0 Å². The lowest BCUT2D eigenvalue weighted by molar-refractivity contribution is -0.150. The first-order valence-electron chi connectivity index (χ1n) is 8.54. The van der Waals surface area contributed by atoms with Crippen LogP contribution in [0.4, 0.5) is 0 Å². The normalized spacial score (nSPS) is 24.9. The van der Waals surface area contributed by atoms with Gasteiger partial charge in [-0.25, -0.2) is 9.78 Å². The van der Waals surface area contributed by atoms with E-state index in [0.717, 1.165) is 10.6 Å². The fourth-order valence-corrected chi connectivity index (χ4v) is 4.64. The number of thiazole rings is 1. The highest BCUT2D eigenvalue weighted by molar-refractivity contribution is 7.09. The lowest BCUT2D eigenvalue weighted by Crippen LogP contribution is -2.55. The molecule has 2 aromatic rings. The molecule has 142 valence electrons. The topological polar surface area (TPSA) is 77.5 Å². The van der Waals surface area contributed by atoms with Crippen LogP contribution >= 0.6 is 11.3 Å². The molecule has 1 aliphatic heterocycles. The average Bonchev–Trinajstić information content (AvgIpc) is 3.22. The number of rotatable bonds is 4. The summed E-state index contributed by atoms with van der Waals surface area (Å²) in [6.07, 6.45) is 1.70. The molecule has 1 N–H and O–H groups in total. The molecule has 0 saturated carbocycles. The standard InChI is InChI=1S/C20H22N2O4S/c1-12-14(17(23)25-3)15(13-8-6-5-7-9-13)16(18(24)26-4)20(2,22-12)19-21-10-11-27-19/h5-11,15-16,22H,1-4H3. The molecule has 3 atom stereocenters. The molecule has 0 bridgehead atoms. The van der Waals surface area contributed by atoms with Crippen LogP contribution in [-0.4, -0.2) is 31.1 Å². The maximum Gasteiger partial charge on any atom is 0.336 e. The zero-order valence-electron chi connectivity index (χ0n) is 15.7. The molecule has 1 aromatic heterocycles. The van der Waals surface area contributed by atoms with Crippen molar-refractivity contribution in [2.24, 2.45) is 5.92 Å². The number of methoxy groups -OCH3 is 2. The Kier molecular flexibility index (Phi) is 5.32. The molecule has 0 radical (unpaired) electrons. The molecule has 3 rings (SSSR count). The minimum Gasteiger partial charge on any atom is -0.469 e. The van der Waals surface area contributed by atoms with Crippen molar-refractivity contribution < 1.29 is 19.1 Å². The third-order valence-corrected chi connectivity index (χ3v) is 6.02. The quantitative estimate of drug-likeness (QED) is 0.814. The highest BCUT2D eigenvalue weighted by atomic mass is 32.1. The predicted octanol–water partition coefficient (Wildman–Crippen LogP) is 2.98. The predicted molar refractivity (Wildman–Crippen MR) is 102 cm³/mol. The van der Waals surface area contributed by atoms with Crippen molar-refractivity contribution in [1.29, 1.82) is 0 Å². The van der Waals surface area contributed by atoms with E-state index in [0.29, 0.717) is 11.3 Å². The first-order chi connectivity index (χ1) is 12.9. The lowest BCUT2D eigenvalue weighted by Gasteiger charge is -2.45. The Bertz CT molecular complexity index is 863. The Morgan fingerprint density at radius 2 is 1.89 bits per heavy atom. The molecule has 0 saturated heterocycles. The number of hydrogen-bond donors (Lipinski definition) is 1. The maximum absolute atomic E-state index is 13.0. The summed E-state index contributed by atoms with van der Waals surface area (Å²) in [4.78, 5) is 30.0. The van der Waals surface area contributed by atoms with Gasteiger partial charge in [-0.3, -0.25) is 4.79 Å². The van der Waals surface area contributed by atoms with E-state index in [1.807, 2.05) is 49.6 Å². The number of ether oxygens (including phenoxy) is 2. The Morgan fingerprint density at radius 3 is 2.44 bits per heavy atom. The van der Waals surface area contributed by atoms with Crippen LogP contribution in [0.1, 0.15) is 30.3 Å². The van der Waals surface area contributed by atoms with Crippen LogP contribution in [0.5, 0.6) is 0 Å². The number of hydrogen-bond acceptors (Lipinski definition) is 7. The second-order valence-electron chi connectivity index (χ2n) is 6.58. The van der Waals surface area contributed by atoms with E-state index in [4.69, 9.17) is 9.47 Å². The second-order valence-corrected chi connectivity index (χ2v) is 7.48. The number of carbonyl (C=O) groups excluding carboxylic acids is 2. The summed E-state index contributed by atoms with van der Waals surface area (Å²) >= 11 is 1.45. The number of nitrogens with zero attached hydrogens (tertiary/aromatic N) is 1. The van der Waals surface area contributed by atoms with Gasteiger partial charge in [0.2, 0.25) is 0 Å². The molecule has 7 heteroatoms. The smallest absolute Gasteiger partial charge is 0.336 e. The van der Waals surface area contributed by atoms with Crippen molar-refractivity contribution in [3.8, 4) is 0 Å². The van der Waals surface area contributed by atoms with Crippen LogP contribution in [0.25, 0.3) is 0 Å². The number of nitrogens with one attached hydrogen (secondary N) is 1. The monoisotopic (exact) mass is 386 g/mol. The molecule has 2 heterocycles. The van der Waals surface area contributed by atoms with Crippen LogP contribution in [0.3, 0.4) is 0 Å². The summed E-state index contributed by atoms with van der Waals surface area (Å²) in [5.74, 6) is -2.11. The van der Waals surface area contributed by atoms with Crippen molar-refractivity contribution in [3.05, 3.63) is 63.7 Å². The van der Waals surface area contributed by atoms with Crippen molar-refractivity contribution in [1.82, 2.24) is 10.3 Å². The summed E-state index contributed by atoms with van der Waals surface area (Å²) in [5, 5.41) is 5.97. The second kappa shape index (κ2) is 7.52. The summed E-state index contributed by atoms with van der Waals surface area (Å²) in [7, 11) is 2.70. The number of esters is 2. The van der Waals surface area contributed by atoms with Gasteiger partial charge in [0.25, 0.3) is 0 Å². The van der Waals surface area contributed by atoms with E-state index in [1.54, 1.807) is 6.20 Å². The zero-order valence-corrected chi connectivity index (χ0v) is 16.5. The van der Waals surface area contributed by atoms with Gasteiger partial charge in [0.1, 0.15) is 10.5 Å². The van der Waals surface area contributed by atoms with Crippen LogP contribution in [-0.2, 0) is 24.6 Å². The Labute approximate surface area is 162 Å². The molecule has 27 heavy (non-hydrogen) atoms. The lowest BCUT2D eigenvalue weighted by atomic mass is 9.67. The first-order valence-corrected chi connectivity index (χ1v) is 9.42. The summed E-state index contributed by atoms with van der Waals surface area (Å²) < 4.78 is 10.2. The van der Waals surface area contributed by atoms with E-state index in [-0.39, 0.29) is 0 Å². The third-order valence-electron chi connectivity index (χ3n) is 5.01. The van der Waals surface area contributed by atoms with E-state index >= 15 is 0 Å². The highest BCUT2D eigenvalue weighted by Gasteiger charge is 2.54. The Balaban J connectivity index is 2.28.